The molecule has 0 aliphatic carbocycles. The third kappa shape index (κ3) is 5.70. The third-order valence-electron chi connectivity index (χ3n) is 4.57. The van der Waals surface area contributed by atoms with Gasteiger partial charge in [0.05, 0.1) is 6.10 Å². The molecule has 0 unspecified atom stereocenters. The summed E-state index contributed by atoms with van der Waals surface area (Å²) in [7, 11) is 0. The molecular formula is C22H27N3O2S. The van der Waals surface area contributed by atoms with Crippen LogP contribution >= 0.6 is 12.2 Å². The highest BCUT2D eigenvalue weighted by Gasteiger charge is 2.20. The van der Waals surface area contributed by atoms with Gasteiger partial charge >= 0.3 is 0 Å². The van der Waals surface area contributed by atoms with Crippen molar-refractivity contribution >= 4 is 28.9 Å². The molecule has 0 saturated carbocycles. The maximum Gasteiger partial charge on any atom is 0.222 e. The Morgan fingerprint density at radius 2 is 1.86 bits per heavy atom. The van der Waals surface area contributed by atoms with Crippen molar-refractivity contribution < 1.29 is 9.53 Å². The second-order valence-electron chi connectivity index (χ2n) is 7.19. The van der Waals surface area contributed by atoms with Crippen LogP contribution in [0.4, 0.5) is 5.69 Å². The van der Waals surface area contributed by atoms with Gasteiger partial charge in [0.15, 0.2) is 5.11 Å². The molecule has 0 radical (unpaired) electrons. The largest absolute Gasteiger partial charge is 0.491 e. The Kier molecular flexibility index (Phi) is 6.87. The number of thiocarbonyl (C=S) groups is 1. The normalized spacial score (nSPS) is 13.7. The molecule has 0 spiro atoms. The summed E-state index contributed by atoms with van der Waals surface area (Å²) in [5.74, 6) is 1.08. The average molecular weight is 398 g/mol. The first-order valence-corrected chi connectivity index (χ1v) is 10.1. The average Bonchev–Trinajstić information content (AvgIpc) is 3.07. The maximum atomic E-state index is 11.9. The van der Waals surface area contributed by atoms with Crippen molar-refractivity contribution in [1.82, 2.24) is 10.2 Å². The van der Waals surface area contributed by atoms with Crippen LogP contribution < -0.4 is 15.4 Å². The minimum absolute atomic E-state index is 0.150. The van der Waals surface area contributed by atoms with Gasteiger partial charge in [-0.2, -0.15) is 0 Å². The SMILES string of the molecule is CC(C)Oc1ccc(NC(=S)NCc2ccccc2CN2CCCC2=O)cc1. The first-order valence-electron chi connectivity index (χ1n) is 9.67. The molecule has 1 fully saturated rings. The first-order chi connectivity index (χ1) is 13.5. The third-order valence-corrected chi connectivity index (χ3v) is 4.82. The van der Waals surface area contributed by atoms with E-state index in [1.807, 2.05) is 55.1 Å². The fraction of sp³-hybridized carbons (Fsp3) is 0.364. The molecule has 2 aromatic rings. The zero-order chi connectivity index (χ0) is 19.9. The van der Waals surface area contributed by atoms with Crippen molar-refractivity contribution in [3.8, 4) is 5.75 Å². The van der Waals surface area contributed by atoms with Crippen molar-refractivity contribution in [2.45, 2.75) is 45.9 Å². The van der Waals surface area contributed by atoms with Crippen molar-refractivity contribution in [2.24, 2.45) is 0 Å². The molecule has 5 nitrogen and oxygen atoms in total. The van der Waals surface area contributed by atoms with Gasteiger partial charge in [-0.3, -0.25) is 4.79 Å². The van der Waals surface area contributed by atoms with E-state index >= 15 is 0 Å². The maximum absolute atomic E-state index is 11.9. The molecule has 1 aliphatic heterocycles. The van der Waals surface area contributed by atoms with E-state index in [0.717, 1.165) is 35.5 Å². The van der Waals surface area contributed by atoms with Crippen LogP contribution in [0.25, 0.3) is 0 Å². The van der Waals surface area contributed by atoms with E-state index in [2.05, 4.69) is 22.8 Å². The lowest BCUT2D eigenvalue weighted by Crippen LogP contribution is -2.29. The number of ether oxygens (including phenoxy) is 1. The Labute approximate surface area is 172 Å². The number of likely N-dealkylation sites (tertiary alicyclic amines) is 1. The highest BCUT2D eigenvalue weighted by atomic mass is 32.1. The molecule has 1 amide bonds. The van der Waals surface area contributed by atoms with Gasteiger partial charge in [0.25, 0.3) is 0 Å². The summed E-state index contributed by atoms with van der Waals surface area (Å²) in [5.41, 5.74) is 3.21. The predicted octanol–water partition coefficient (Wildman–Crippen LogP) is 4.08. The number of benzene rings is 2. The van der Waals surface area contributed by atoms with E-state index in [1.165, 1.54) is 0 Å². The van der Waals surface area contributed by atoms with Gasteiger partial charge in [-0.25, -0.2) is 0 Å². The minimum atomic E-state index is 0.150. The van der Waals surface area contributed by atoms with Gasteiger partial charge in [0, 0.05) is 31.7 Å². The van der Waals surface area contributed by atoms with Crippen LogP contribution in [0.2, 0.25) is 0 Å². The molecule has 148 valence electrons. The summed E-state index contributed by atoms with van der Waals surface area (Å²) < 4.78 is 5.65. The number of carbonyl (C=O) groups excluding carboxylic acids is 1. The lowest BCUT2D eigenvalue weighted by molar-refractivity contribution is -0.128. The van der Waals surface area contributed by atoms with E-state index in [1.54, 1.807) is 0 Å². The van der Waals surface area contributed by atoms with Gasteiger partial charge in [-0.15, -0.1) is 0 Å². The molecule has 1 heterocycles. The van der Waals surface area contributed by atoms with Crippen LogP contribution in [0.5, 0.6) is 5.75 Å². The summed E-state index contributed by atoms with van der Waals surface area (Å²) in [5, 5.41) is 7.01. The quantitative estimate of drug-likeness (QED) is 0.690. The van der Waals surface area contributed by atoms with E-state index < -0.39 is 0 Å². The fourth-order valence-electron chi connectivity index (χ4n) is 3.20. The van der Waals surface area contributed by atoms with Gasteiger partial charge in [-0.05, 0) is 67.9 Å². The van der Waals surface area contributed by atoms with Gasteiger partial charge in [0.1, 0.15) is 5.75 Å². The van der Waals surface area contributed by atoms with Gasteiger partial charge in [-0.1, -0.05) is 24.3 Å². The second-order valence-corrected chi connectivity index (χ2v) is 7.59. The van der Waals surface area contributed by atoms with E-state index in [4.69, 9.17) is 17.0 Å². The Balaban J connectivity index is 1.54. The highest BCUT2D eigenvalue weighted by molar-refractivity contribution is 7.80. The summed E-state index contributed by atoms with van der Waals surface area (Å²) >= 11 is 5.43. The lowest BCUT2D eigenvalue weighted by atomic mass is 10.1. The first kappa shape index (κ1) is 20.1. The summed E-state index contributed by atoms with van der Waals surface area (Å²) in [6, 6.07) is 15.9. The highest BCUT2D eigenvalue weighted by Crippen LogP contribution is 2.18. The number of rotatable bonds is 7. The number of anilines is 1. The van der Waals surface area contributed by atoms with Crippen LogP contribution in [-0.4, -0.2) is 28.6 Å². The van der Waals surface area contributed by atoms with Gasteiger partial charge < -0.3 is 20.3 Å². The minimum Gasteiger partial charge on any atom is -0.491 e. The number of nitrogens with one attached hydrogen (secondary N) is 2. The predicted molar refractivity (Wildman–Crippen MR) is 116 cm³/mol. The molecule has 1 aliphatic rings. The van der Waals surface area contributed by atoms with Crippen molar-refractivity contribution in [2.75, 3.05) is 11.9 Å². The van der Waals surface area contributed by atoms with Crippen LogP contribution in [-0.2, 0) is 17.9 Å². The molecule has 0 bridgehead atoms. The monoisotopic (exact) mass is 397 g/mol. The van der Waals surface area contributed by atoms with E-state index in [0.29, 0.717) is 24.6 Å². The molecule has 3 rings (SSSR count). The van der Waals surface area contributed by atoms with Crippen LogP contribution in [0, 0.1) is 0 Å². The molecule has 6 heteroatoms. The summed E-state index contributed by atoms with van der Waals surface area (Å²) in [4.78, 5) is 13.8. The lowest BCUT2D eigenvalue weighted by Gasteiger charge is -2.19. The van der Waals surface area contributed by atoms with Crippen LogP contribution in [0.15, 0.2) is 48.5 Å². The number of carbonyl (C=O) groups is 1. The number of hydrogen-bond acceptors (Lipinski definition) is 3. The van der Waals surface area contributed by atoms with Crippen molar-refractivity contribution in [3.63, 3.8) is 0 Å². The van der Waals surface area contributed by atoms with Crippen molar-refractivity contribution in [1.29, 1.82) is 0 Å². The zero-order valence-corrected chi connectivity index (χ0v) is 17.2. The molecule has 2 aromatic carbocycles. The van der Waals surface area contributed by atoms with E-state index in [-0.39, 0.29) is 12.0 Å². The van der Waals surface area contributed by atoms with Crippen LogP contribution in [0.3, 0.4) is 0 Å². The summed E-state index contributed by atoms with van der Waals surface area (Å²) in [6.07, 6.45) is 1.77. The number of hydrogen-bond donors (Lipinski definition) is 2. The zero-order valence-electron chi connectivity index (χ0n) is 16.4. The standard InChI is InChI=1S/C22H27N3O2S/c1-16(2)27-20-11-9-19(10-12-20)24-22(28)23-14-17-6-3-4-7-18(17)15-25-13-5-8-21(25)26/h3-4,6-7,9-12,16H,5,8,13-15H2,1-2H3,(H2,23,24,28). The number of amides is 1. The molecular weight excluding hydrogens is 370 g/mol. The second kappa shape index (κ2) is 9.55. The fourth-order valence-corrected chi connectivity index (χ4v) is 3.39. The Morgan fingerprint density at radius 1 is 1.14 bits per heavy atom. The van der Waals surface area contributed by atoms with Gasteiger partial charge in [0.2, 0.25) is 5.91 Å². The Hall–Kier alpha value is -2.60. The smallest absolute Gasteiger partial charge is 0.222 e. The Bertz CT molecular complexity index is 821. The molecule has 0 atom stereocenters. The van der Waals surface area contributed by atoms with Crippen molar-refractivity contribution in [3.05, 3.63) is 59.7 Å². The van der Waals surface area contributed by atoms with E-state index in [9.17, 15) is 4.79 Å². The number of nitrogens with zero attached hydrogens (tertiary/aromatic N) is 1. The molecule has 0 aromatic heterocycles. The summed E-state index contributed by atoms with van der Waals surface area (Å²) in [6.45, 7) is 6.12. The molecule has 28 heavy (non-hydrogen) atoms. The molecule has 2 N–H and O–H groups in total. The molecule has 1 saturated heterocycles. The Morgan fingerprint density at radius 3 is 2.50 bits per heavy atom. The topological polar surface area (TPSA) is 53.6 Å². The van der Waals surface area contributed by atoms with Crippen LogP contribution in [0.1, 0.15) is 37.8 Å².